The first-order valence-corrected chi connectivity index (χ1v) is 11.6. The van der Waals surface area contributed by atoms with Gasteiger partial charge in [-0.15, -0.1) is 0 Å². The van der Waals surface area contributed by atoms with Crippen LogP contribution in [0.3, 0.4) is 0 Å². The van der Waals surface area contributed by atoms with Crippen molar-refractivity contribution < 1.29 is 9.18 Å². The van der Waals surface area contributed by atoms with Gasteiger partial charge in [0.1, 0.15) is 5.82 Å². The molecule has 4 rings (SSSR count). The first-order chi connectivity index (χ1) is 16.4. The highest BCUT2D eigenvalue weighted by Crippen LogP contribution is 2.42. The first-order valence-electron chi connectivity index (χ1n) is 11.3. The summed E-state index contributed by atoms with van der Waals surface area (Å²) in [7, 11) is 1.66. The highest BCUT2D eigenvalue weighted by atomic mass is 35.5. The van der Waals surface area contributed by atoms with Crippen LogP contribution in [0.4, 0.5) is 20.6 Å². The molecule has 5 nitrogen and oxygen atoms in total. The molecule has 1 aliphatic carbocycles. The summed E-state index contributed by atoms with van der Waals surface area (Å²) in [5.41, 5.74) is 1.96. The van der Waals surface area contributed by atoms with E-state index in [9.17, 15) is 14.4 Å². The van der Waals surface area contributed by atoms with Gasteiger partial charge in [0.2, 0.25) is 0 Å². The van der Waals surface area contributed by atoms with Crippen LogP contribution in [0.5, 0.6) is 0 Å². The van der Waals surface area contributed by atoms with Crippen LogP contribution in [0.25, 0.3) is 0 Å². The summed E-state index contributed by atoms with van der Waals surface area (Å²) in [5.74, 6) is 0.225. The Hall–Kier alpha value is -3.56. The summed E-state index contributed by atoms with van der Waals surface area (Å²) in [6.45, 7) is 0. The van der Waals surface area contributed by atoms with Gasteiger partial charge in [0, 0.05) is 17.8 Å². The molecule has 1 unspecified atom stereocenters. The van der Waals surface area contributed by atoms with Crippen molar-refractivity contribution >= 4 is 29.0 Å². The Balaban J connectivity index is 1.79. The van der Waals surface area contributed by atoms with E-state index in [0.717, 1.165) is 30.4 Å². The summed E-state index contributed by atoms with van der Waals surface area (Å²) >= 11 is 5.97. The Morgan fingerprint density at radius 2 is 1.85 bits per heavy atom. The lowest BCUT2D eigenvalue weighted by molar-refractivity contribution is 0.239. The lowest BCUT2D eigenvalue weighted by Gasteiger charge is -2.37. The molecule has 3 aromatic carbocycles. The number of nitrogens with zero attached hydrogens (tertiary/aromatic N) is 1. The fourth-order valence-corrected chi connectivity index (χ4v) is 4.34. The van der Waals surface area contributed by atoms with Crippen LogP contribution in [0.2, 0.25) is 5.02 Å². The standard InChI is InChI=1S/C27H26ClFN4O/c1-31-25-16-21(7-12-24(25)29)27(14-13-18-5-6-18,20-4-2-3-19(15-20)17-30)33-26(34)32-23-10-8-22(28)9-11-23/h2-4,7-12,15-16,18,31H,5-6,13-14H2,1H3,(H2,32,33,34). The van der Waals surface area contributed by atoms with E-state index < -0.39 is 11.6 Å². The zero-order valence-corrected chi connectivity index (χ0v) is 19.6. The van der Waals surface area contributed by atoms with Gasteiger partial charge >= 0.3 is 6.03 Å². The van der Waals surface area contributed by atoms with Gasteiger partial charge in [0.15, 0.2) is 0 Å². The fraction of sp³-hybridized carbons (Fsp3) is 0.259. The molecule has 0 saturated heterocycles. The molecule has 0 aromatic heterocycles. The maximum atomic E-state index is 14.4. The molecule has 0 spiro atoms. The summed E-state index contributed by atoms with van der Waals surface area (Å²) in [6, 6.07) is 20.7. The molecular weight excluding hydrogens is 451 g/mol. The van der Waals surface area contributed by atoms with Crippen molar-refractivity contribution in [3.8, 4) is 6.07 Å². The van der Waals surface area contributed by atoms with Crippen molar-refractivity contribution in [3.63, 3.8) is 0 Å². The van der Waals surface area contributed by atoms with E-state index in [4.69, 9.17) is 11.6 Å². The Labute approximate surface area is 203 Å². The van der Waals surface area contributed by atoms with Gasteiger partial charge in [-0.3, -0.25) is 0 Å². The lowest BCUT2D eigenvalue weighted by Crippen LogP contribution is -2.48. The average molecular weight is 477 g/mol. The molecule has 0 aliphatic heterocycles. The van der Waals surface area contributed by atoms with Crippen molar-refractivity contribution in [2.45, 2.75) is 31.2 Å². The van der Waals surface area contributed by atoms with Crippen molar-refractivity contribution in [1.29, 1.82) is 5.26 Å². The van der Waals surface area contributed by atoms with Gasteiger partial charge in [-0.25, -0.2) is 9.18 Å². The van der Waals surface area contributed by atoms with Crippen LogP contribution >= 0.6 is 11.6 Å². The molecule has 3 N–H and O–H groups in total. The molecule has 3 aromatic rings. The highest BCUT2D eigenvalue weighted by molar-refractivity contribution is 6.30. The maximum Gasteiger partial charge on any atom is 0.320 e. The fourth-order valence-electron chi connectivity index (χ4n) is 4.22. The van der Waals surface area contributed by atoms with Gasteiger partial charge in [0.25, 0.3) is 0 Å². The molecule has 174 valence electrons. The number of nitriles is 1. The monoisotopic (exact) mass is 476 g/mol. The molecule has 0 radical (unpaired) electrons. The van der Waals surface area contributed by atoms with Crippen LogP contribution in [-0.2, 0) is 5.54 Å². The van der Waals surface area contributed by atoms with Gasteiger partial charge in [-0.05, 0) is 78.4 Å². The molecule has 2 amide bonds. The number of anilines is 2. The summed E-state index contributed by atoms with van der Waals surface area (Å²) in [4.78, 5) is 13.3. The van der Waals surface area contributed by atoms with Crippen LogP contribution in [0, 0.1) is 23.1 Å². The number of hydrogen-bond donors (Lipinski definition) is 3. The molecule has 1 aliphatic rings. The summed E-state index contributed by atoms with van der Waals surface area (Å²) < 4.78 is 14.4. The van der Waals surface area contributed by atoms with Gasteiger partial charge in [0.05, 0.1) is 22.9 Å². The Morgan fingerprint density at radius 1 is 1.12 bits per heavy atom. The zero-order valence-electron chi connectivity index (χ0n) is 18.9. The second-order valence-electron chi connectivity index (χ2n) is 8.61. The van der Waals surface area contributed by atoms with E-state index in [1.54, 1.807) is 61.6 Å². The first kappa shape index (κ1) is 23.6. The summed E-state index contributed by atoms with van der Waals surface area (Å²) in [5, 5.41) is 19.0. The second-order valence-corrected chi connectivity index (χ2v) is 9.05. The van der Waals surface area contributed by atoms with Gasteiger partial charge in [-0.2, -0.15) is 5.26 Å². The topological polar surface area (TPSA) is 76.9 Å². The van der Waals surface area contributed by atoms with E-state index in [1.165, 1.54) is 6.07 Å². The number of urea groups is 1. The number of amides is 2. The molecule has 1 saturated carbocycles. The molecule has 0 heterocycles. The number of carbonyl (C=O) groups is 1. The number of rotatable bonds is 8. The Bertz CT molecular complexity index is 1220. The van der Waals surface area contributed by atoms with Crippen LogP contribution in [0.1, 0.15) is 42.4 Å². The predicted molar refractivity (Wildman–Crippen MR) is 133 cm³/mol. The van der Waals surface area contributed by atoms with Crippen molar-refractivity contribution in [1.82, 2.24) is 5.32 Å². The predicted octanol–water partition coefficient (Wildman–Crippen LogP) is 6.65. The molecule has 7 heteroatoms. The molecule has 1 atom stereocenters. The smallest absolute Gasteiger partial charge is 0.320 e. The number of hydrogen-bond acceptors (Lipinski definition) is 3. The van der Waals surface area contributed by atoms with E-state index in [2.05, 4.69) is 22.0 Å². The number of halogens is 2. The molecule has 0 bridgehead atoms. The van der Waals surface area contributed by atoms with Gasteiger partial charge < -0.3 is 16.0 Å². The van der Waals surface area contributed by atoms with Crippen LogP contribution in [-0.4, -0.2) is 13.1 Å². The minimum absolute atomic E-state index is 0.338. The number of benzene rings is 3. The zero-order chi connectivity index (χ0) is 24.1. The van der Waals surface area contributed by atoms with E-state index in [-0.39, 0.29) is 5.82 Å². The molecular formula is C27H26ClFN4O. The average Bonchev–Trinajstić information content (AvgIpc) is 3.68. The third-order valence-electron chi connectivity index (χ3n) is 6.27. The SMILES string of the molecule is CNc1cc(C(CCC2CC2)(NC(=O)Nc2ccc(Cl)cc2)c2cccc(C#N)c2)ccc1F. The second kappa shape index (κ2) is 10.1. The largest absolute Gasteiger partial charge is 0.386 e. The minimum atomic E-state index is -0.967. The third-order valence-corrected chi connectivity index (χ3v) is 6.52. The Morgan fingerprint density at radius 3 is 2.53 bits per heavy atom. The van der Waals surface area contributed by atoms with E-state index in [0.29, 0.717) is 34.3 Å². The Kier molecular flexibility index (Phi) is 7.04. The number of carbonyl (C=O) groups excluding carboxylic acids is 1. The maximum absolute atomic E-state index is 14.4. The van der Waals surface area contributed by atoms with Crippen molar-refractivity contribution in [2.75, 3.05) is 17.7 Å². The summed E-state index contributed by atoms with van der Waals surface area (Å²) in [6.07, 6.45) is 3.83. The van der Waals surface area contributed by atoms with Crippen molar-refractivity contribution in [3.05, 3.63) is 94.3 Å². The molecule has 34 heavy (non-hydrogen) atoms. The van der Waals surface area contributed by atoms with E-state index >= 15 is 0 Å². The quantitative estimate of drug-likeness (QED) is 0.340. The third kappa shape index (κ3) is 5.32. The van der Waals surface area contributed by atoms with Gasteiger partial charge in [-0.1, -0.05) is 42.6 Å². The normalized spacial score (nSPS) is 14.5. The van der Waals surface area contributed by atoms with E-state index in [1.807, 2.05) is 6.07 Å². The lowest BCUT2D eigenvalue weighted by atomic mass is 9.78. The van der Waals surface area contributed by atoms with Crippen LogP contribution in [0.15, 0.2) is 66.7 Å². The highest BCUT2D eigenvalue weighted by Gasteiger charge is 2.38. The minimum Gasteiger partial charge on any atom is -0.386 e. The van der Waals surface area contributed by atoms with Crippen molar-refractivity contribution in [2.24, 2.45) is 5.92 Å². The molecule has 1 fully saturated rings. The number of nitrogens with one attached hydrogen (secondary N) is 3. The van der Waals surface area contributed by atoms with Crippen LogP contribution < -0.4 is 16.0 Å².